The highest BCUT2D eigenvalue weighted by Crippen LogP contribution is 2.16. The van der Waals surface area contributed by atoms with Crippen LogP contribution < -0.4 is 16.0 Å². The van der Waals surface area contributed by atoms with Crippen LogP contribution in [0.2, 0.25) is 0 Å². The molecule has 0 N–H and O–H groups in total. The van der Waals surface area contributed by atoms with Gasteiger partial charge in [0.1, 0.15) is 18.4 Å². The van der Waals surface area contributed by atoms with E-state index < -0.39 is 0 Å². The number of hydrogen-bond acceptors (Lipinski definition) is 4. The summed E-state index contributed by atoms with van der Waals surface area (Å²) in [5.74, 6) is 0.444. The molecule has 6 nitrogen and oxygen atoms in total. The van der Waals surface area contributed by atoms with E-state index >= 15 is 0 Å². The third-order valence-corrected chi connectivity index (χ3v) is 3.06. The lowest BCUT2D eigenvalue weighted by Gasteiger charge is -2.10. The Hall–Kier alpha value is -2.81. The highest BCUT2D eigenvalue weighted by molar-refractivity contribution is 5.42. The van der Waals surface area contributed by atoms with E-state index in [0.29, 0.717) is 17.9 Å². The zero-order valence-corrected chi connectivity index (χ0v) is 11.7. The first-order chi connectivity index (χ1) is 10.2. The molecule has 2 aromatic rings. The monoisotopic (exact) mass is 285 g/mol. The lowest BCUT2D eigenvalue weighted by atomic mass is 10.2. The number of rotatable bonds is 5. The van der Waals surface area contributed by atoms with Crippen molar-refractivity contribution < 1.29 is 4.74 Å². The second kappa shape index (κ2) is 6.57. The van der Waals surface area contributed by atoms with Gasteiger partial charge in [0.2, 0.25) is 0 Å². The quantitative estimate of drug-likeness (QED) is 0.820. The zero-order valence-electron chi connectivity index (χ0n) is 11.7. The van der Waals surface area contributed by atoms with Gasteiger partial charge in [-0.25, -0.2) is 4.79 Å². The van der Waals surface area contributed by atoms with E-state index in [1.165, 1.54) is 16.8 Å². The lowest BCUT2D eigenvalue weighted by Crippen LogP contribution is -2.39. The van der Waals surface area contributed by atoms with Crippen molar-refractivity contribution in [2.75, 3.05) is 6.61 Å². The standard InChI is InChI=1S/C15H15N3O3/c1-2-17-8-7-14(19)18(15(17)20)9-10-21-13-6-4-3-5-12(13)11-16/h3-8H,2,9-10H2,1H3. The fourth-order valence-electron chi connectivity index (χ4n) is 1.94. The molecule has 0 spiro atoms. The van der Waals surface area contributed by atoms with Gasteiger partial charge in [-0.1, -0.05) is 12.1 Å². The Kier molecular flexibility index (Phi) is 4.57. The second-order valence-corrected chi connectivity index (χ2v) is 4.33. The van der Waals surface area contributed by atoms with E-state index in [9.17, 15) is 9.59 Å². The Labute approximate surface area is 121 Å². The van der Waals surface area contributed by atoms with Crippen molar-refractivity contribution in [1.82, 2.24) is 9.13 Å². The Bertz CT molecular complexity index is 784. The number of para-hydroxylation sites is 1. The molecule has 6 heteroatoms. The van der Waals surface area contributed by atoms with Crippen LogP contribution in [-0.4, -0.2) is 15.7 Å². The average molecular weight is 285 g/mol. The van der Waals surface area contributed by atoms with Gasteiger partial charge < -0.3 is 9.30 Å². The summed E-state index contributed by atoms with van der Waals surface area (Å²) in [6, 6.07) is 10.2. The van der Waals surface area contributed by atoms with Gasteiger partial charge in [0.05, 0.1) is 12.1 Å². The summed E-state index contributed by atoms with van der Waals surface area (Å²) in [6.45, 7) is 2.60. The first kappa shape index (κ1) is 14.6. The van der Waals surface area contributed by atoms with Crippen LogP contribution in [0.5, 0.6) is 5.75 Å². The first-order valence-electron chi connectivity index (χ1n) is 6.59. The molecule has 0 aliphatic carbocycles. The van der Waals surface area contributed by atoms with E-state index in [0.717, 1.165) is 4.57 Å². The first-order valence-corrected chi connectivity index (χ1v) is 6.59. The van der Waals surface area contributed by atoms with Crippen molar-refractivity contribution in [2.24, 2.45) is 0 Å². The van der Waals surface area contributed by atoms with Crippen LogP contribution in [0.3, 0.4) is 0 Å². The van der Waals surface area contributed by atoms with Gasteiger partial charge in [0.25, 0.3) is 5.56 Å². The molecule has 0 fully saturated rings. The summed E-state index contributed by atoms with van der Waals surface area (Å²) >= 11 is 0. The molecule has 0 radical (unpaired) electrons. The molecule has 0 unspecified atom stereocenters. The fraction of sp³-hybridized carbons (Fsp3) is 0.267. The molecular weight excluding hydrogens is 270 g/mol. The maximum absolute atomic E-state index is 12.0. The maximum Gasteiger partial charge on any atom is 0.331 e. The normalized spacial score (nSPS) is 10.1. The van der Waals surface area contributed by atoms with Crippen LogP contribution in [0, 0.1) is 11.3 Å². The molecule has 21 heavy (non-hydrogen) atoms. The number of aromatic nitrogens is 2. The van der Waals surface area contributed by atoms with E-state index in [-0.39, 0.29) is 24.4 Å². The second-order valence-electron chi connectivity index (χ2n) is 4.33. The number of hydrogen-bond donors (Lipinski definition) is 0. The molecule has 0 aliphatic rings. The molecule has 1 aromatic heterocycles. The molecule has 108 valence electrons. The summed E-state index contributed by atoms with van der Waals surface area (Å²) in [6.07, 6.45) is 1.48. The predicted molar refractivity (Wildman–Crippen MR) is 77.3 cm³/mol. The van der Waals surface area contributed by atoms with E-state index in [2.05, 4.69) is 0 Å². The molecule has 1 heterocycles. The third-order valence-electron chi connectivity index (χ3n) is 3.06. The van der Waals surface area contributed by atoms with E-state index in [1.54, 1.807) is 24.3 Å². The minimum atomic E-state index is -0.359. The molecule has 0 bridgehead atoms. The van der Waals surface area contributed by atoms with E-state index in [4.69, 9.17) is 10.00 Å². The van der Waals surface area contributed by atoms with Crippen molar-refractivity contribution in [2.45, 2.75) is 20.0 Å². The van der Waals surface area contributed by atoms with Crippen LogP contribution in [0.15, 0.2) is 46.1 Å². The highest BCUT2D eigenvalue weighted by Gasteiger charge is 2.06. The number of nitrogens with zero attached hydrogens (tertiary/aromatic N) is 3. The number of ether oxygens (including phenoxy) is 1. The zero-order chi connectivity index (χ0) is 15.2. The summed E-state index contributed by atoms with van der Waals surface area (Å²) in [5.41, 5.74) is -0.298. The van der Waals surface area contributed by atoms with Gasteiger partial charge in [-0.15, -0.1) is 0 Å². The van der Waals surface area contributed by atoms with Crippen LogP contribution >= 0.6 is 0 Å². The SMILES string of the molecule is CCn1ccc(=O)n(CCOc2ccccc2C#N)c1=O. The minimum Gasteiger partial charge on any atom is -0.490 e. The van der Waals surface area contributed by atoms with Crippen LogP contribution in [0.1, 0.15) is 12.5 Å². The molecular formula is C15H15N3O3. The minimum absolute atomic E-state index is 0.137. The summed E-state index contributed by atoms with van der Waals surface area (Å²) in [7, 11) is 0. The van der Waals surface area contributed by atoms with Gasteiger partial charge in [0.15, 0.2) is 0 Å². The third kappa shape index (κ3) is 3.20. The molecule has 2 rings (SSSR count). The summed E-state index contributed by atoms with van der Waals surface area (Å²) in [4.78, 5) is 23.7. The predicted octanol–water partition coefficient (Wildman–Crippen LogP) is 0.981. The van der Waals surface area contributed by atoms with E-state index in [1.807, 2.05) is 13.0 Å². The fourth-order valence-corrected chi connectivity index (χ4v) is 1.94. The average Bonchev–Trinajstić information content (AvgIpc) is 2.51. The van der Waals surface area contributed by atoms with Crippen LogP contribution in [0.4, 0.5) is 0 Å². The number of nitriles is 1. The number of aryl methyl sites for hydroxylation is 1. The molecule has 0 atom stereocenters. The molecule has 0 saturated carbocycles. The molecule has 0 aliphatic heterocycles. The Morgan fingerprint density at radius 2 is 2.00 bits per heavy atom. The summed E-state index contributed by atoms with van der Waals surface area (Å²) < 4.78 is 8.06. The van der Waals surface area contributed by atoms with Crippen LogP contribution in [0.25, 0.3) is 0 Å². The van der Waals surface area contributed by atoms with Crippen LogP contribution in [-0.2, 0) is 13.1 Å². The van der Waals surface area contributed by atoms with Crippen molar-refractivity contribution >= 4 is 0 Å². The van der Waals surface area contributed by atoms with Crippen molar-refractivity contribution in [3.63, 3.8) is 0 Å². The van der Waals surface area contributed by atoms with Crippen molar-refractivity contribution in [3.8, 4) is 11.8 Å². The van der Waals surface area contributed by atoms with Gasteiger partial charge >= 0.3 is 5.69 Å². The highest BCUT2D eigenvalue weighted by atomic mass is 16.5. The maximum atomic E-state index is 12.0. The lowest BCUT2D eigenvalue weighted by molar-refractivity contribution is 0.291. The van der Waals surface area contributed by atoms with Crippen molar-refractivity contribution in [1.29, 1.82) is 5.26 Å². The van der Waals surface area contributed by atoms with Gasteiger partial charge in [-0.2, -0.15) is 5.26 Å². The smallest absolute Gasteiger partial charge is 0.331 e. The van der Waals surface area contributed by atoms with Crippen molar-refractivity contribution in [3.05, 3.63) is 62.9 Å². The van der Waals surface area contributed by atoms with Gasteiger partial charge in [-0.05, 0) is 19.1 Å². The topological polar surface area (TPSA) is 77.0 Å². The van der Waals surface area contributed by atoms with Gasteiger partial charge in [0, 0.05) is 18.8 Å². The number of benzene rings is 1. The molecule has 0 amide bonds. The largest absolute Gasteiger partial charge is 0.490 e. The Morgan fingerprint density at radius 3 is 2.71 bits per heavy atom. The Morgan fingerprint density at radius 1 is 1.24 bits per heavy atom. The van der Waals surface area contributed by atoms with Gasteiger partial charge in [-0.3, -0.25) is 9.36 Å². The summed E-state index contributed by atoms with van der Waals surface area (Å²) in [5, 5.41) is 8.95. The molecule has 1 aromatic carbocycles. The Balaban J connectivity index is 2.13. The molecule has 0 saturated heterocycles.